The first-order chi connectivity index (χ1) is 12.2. The summed E-state index contributed by atoms with van der Waals surface area (Å²) in [5.41, 5.74) is 7.39. The summed E-state index contributed by atoms with van der Waals surface area (Å²) in [6.45, 7) is 5.12. The molecule has 0 fully saturated rings. The molecular weight excluding hydrogens is 326 g/mol. The Bertz CT molecular complexity index is 1020. The van der Waals surface area contributed by atoms with Gasteiger partial charge in [-0.3, -0.25) is 4.98 Å². The van der Waals surface area contributed by atoms with Gasteiger partial charge in [0.15, 0.2) is 5.13 Å². The summed E-state index contributed by atoms with van der Waals surface area (Å²) in [5, 5.41) is 4.44. The third-order valence-electron chi connectivity index (χ3n) is 4.55. The highest BCUT2D eigenvalue weighted by Crippen LogP contribution is 2.30. The van der Waals surface area contributed by atoms with E-state index in [1.54, 1.807) is 11.3 Å². The van der Waals surface area contributed by atoms with Crippen LogP contribution in [-0.2, 0) is 6.54 Å². The van der Waals surface area contributed by atoms with Gasteiger partial charge >= 0.3 is 0 Å². The number of nitrogens with zero attached hydrogens (tertiary/aromatic N) is 2. The highest BCUT2D eigenvalue weighted by atomic mass is 32.1. The van der Waals surface area contributed by atoms with E-state index in [9.17, 15) is 0 Å². The molecule has 0 unspecified atom stereocenters. The van der Waals surface area contributed by atoms with Crippen LogP contribution in [0.1, 0.15) is 16.7 Å². The monoisotopic (exact) mass is 345 g/mol. The zero-order valence-corrected chi connectivity index (χ0v) is 15.1. The number of hydrogen-bond donors (Lipinski definition) is 1. The third-order valence-corrected chi connectivity index (χ3v) is 5.52. The van der Waals surface area contributed by atoms with E-state index in [-0.39, 0.29) is 0 Å². The molecule has 0 saturated carbocycles. The number of benzene rings is 2. The van der Waals surface area contributed by atoms with Gasteiger partial charge in [-0.15, -0.1) is 0 Å². The number of pyridine rings is 1. The van der Waals surface area contributed by atoms with Crippen molar-refractivity contribution in [3.63, 3.8) is 0 Å². The van der Waals surface area contributed by atoms with Crippen LogP contribution in [0.15, 0.2) is 60.9 Å². The van der Waals surface area contributed by atoms with Crippen LogP contribution in [0.3, 0.4) is 0 Å². The lowest BCUT2D eigenvalue weighted by Crippen LogP contribution is -2.01. The van der Waals surface area contributed by atoms with Crippen LogP contribution >= 0.6 is 11.3 Å². The van der Waals surface area contributed by atoms with Crippen molar-refractivity contribution in [2.75, 3.05) is 5.32 Å². The van der Waals surface area contributed by atoms with Gasteiger partial charge in [0.1, 0.15) is 0 Å². The van der Waals surface area contributed by atoms with Gasteiger partial charge in [0.2, 0.25) is 0 Å². The van der Waals surface area contributed by atoms with Crippen molar-refractivity contribution < 1.29 is 0 Å². The molecule has 0 aliphatic heterocycles. The maximum absolute atomic E-state index is 4.71. The van der Waals surface area contributed by atoms with Crippen LogP contribution in [-0.4, -0.2) is 9.97 Å². The first kappa shape index (κ1) is 15.8. The Hall–Kier alpha value is -2.72. The first-order valence-electron chi connectivity index (χ1n) is 8.31. The largest absolute Gasteiger partial charge is 0.357 e. The standard InChI is InChI=1S/C21H19N3S/c1-14-4-3-5-18(15(14)2)13-23-21-24-19-7-6-17(12-20(19)25-21)16-8-10-22-11-9-16/h3-12H,13H2,1-2H3,(H,23,24). The molecule has 0 bridgehead atoms. The summed E-state index contributed by atoms with van der Waals surface area (Å²) in [6.07, 6.45) is 3.65. The van der Waals surface area contributed by atoms with E-state index >= 15 is 0 Å². The van der Waals surface area contributed by atoms with Crippen LogP contribution in [0.4, 0.5) is 5.13 Å². The fraction of sp³-hybridized carbons (Fsp3) is 0.143. The molecule has 0 saturated heterocycles. The molecule has 4 aromatic rings. The zero-order chi connectivity index (χ0) is 17.2. The molecule has 2 aromatic carbocycles. The van der Waals surface area contributed by atoms with Gasteiger partial charge in [-0.1, -0.05) is 35.6 Å². The molecule has 3 nitrogen and oxygen atoms in total. The molecule has 0 atom stereocenters. The Morgan fingerprint density at radius 3 is 2.64 bits per heavy atom. The van der Waals surface area contributed by atoms with Crippen molar-refractivity contribution in [1.29, 1.82) is 0 Å². The van der Waals surface area contributed by atoms with E-state index < -0.39 is 0 Å². The second kappa shape index (κ2) is 6.65. The van der Waals surface area contributed by atoms with Gasteiger partial charge in [0.05, 0.1) is 10.2 Å². The molecule has 124 valence electrons. The number of anilines is 1. The van der Waals surface area contributed by atoms with E-state index in [1.165, 1.54) is 32.5 Å². The SMILES string of the molecule is Cc1cccc(CNc2nc3ccc(-c4ccncc4)cc3s2)c1C. The van der Waals surface area contributed by atoms with Gasteiger partial charge in [0.25, 0.3) is 0 Å². The molecule has 0 spiro atoms. The molecular formula is C21H19N3S. The van der Waals surface area contributed by atoms with Crippen molar-refractivity contribution >= 4 is 26.7 Å². The summed E-state index contributed by atoms with van der Waals surface area (Å²) in [5.74, 6) is 0. The van der Waals surface area contributed by atoms with Crippen molar-refractivity contribution in [1.82, 2.24) is 9.97 Å². The molecule has 25 heavy (non-hydrogen) atoms. The third kappa shape index (κ3) is 3.26. The van der Waals surface area contributed by atoms with Gasteiger partial charge < -0.3 is 5.32 Å². The molecule has 0 aliphatic carbocycles. The highest BCUT2D eigenvalue weighted by molar-refractivity contribution is 7.22. The number of aryl methyl sites for hydroxylation is 1. The summed E-state index contributed by atoms with van der Waals surface area (Å²) in [6, 6.07) is 16.9. The van der Waals surface area contributed by atoms with Crippen LogP contribution in [0.25, 0.3) is 21.3 Å². The zero-order valence-electron chi connectivity index (χ0n) is 14.3. The first-order valence-corrected chi connectivity index (χ1v) is 9.12. The fourth-order valence-electron chi connectivity index (χ4n) is 2.90. The highest BCUT2D eigenvalue weighted by Gasteiger charge is 2.07. The lowest BCUT2D eigenvalue weighted by molar-refractivity contribution is 1.10. The van der Waals surface area contributed by atoms with Gasteiger partial charge in [0, 0.05) is 18.9 Å². The summed E-state index contributed by atoms with van der Waals surface area (Å²) in [7, 11) is 0. The maximum atomic E-state index is 4.71. The molecule has 1 N–H and O–H groups in total. The smallest absolute Gasteiger partial charge is 0.184 e. The van der Waals surface area contributed by atoms with Crippen LogP contribution in [0, 0.1) is 13.8 Å². The summed E-state index contributed by atoms with van der Waals surface area (Å²) >= 11 is 1.70. The molecule has 0 radical (unpaired) electrons. The van der Waals surface area contributed by atoms with Crippen molar-refractivity contribution in [2.24, 2.45) is 0 Å². The average Bonchev–Trinajstić information content (AvgIpc) is 3.06. The van der Waals surface area contributed by atoms with E-state index in [4.69, 9.17) is 4.98 Å². The van der Waals surface area contributed by atoms with Crippen LogP contribution in [0.5, 0.6) is 0 Å². The number of rotatable bonds is 4. The lowest BCUT2D eigenvalue weighted by Gasteiger charge is -2.08. The van der Waals surface area contributed by atoms with E-state index in [2.05, 4.69) is 60.5 Å². The Morgan fingerprint density at radius 1 is 0.960 bits per heavy atom. The fourth-order valence-corrected chi connectivity index (χ4v) is 3.80. The molecule has 0 amide bonds. The molecule has 4 rings (SSSR count). The topological polar surface area (TPSA) is 37.8 Å². The molecule has 4 heteroatoms. The van der Waals surface area contributed by atoms with E-state index in [1.807, 2.05) is 24.5 Å². The predicted molar refractivity (Wildman–Crippen MR) is 106 cm³/mol. The van der Waals surface area contributed by atoms with Crippen LogP contribution in [0.2, 0.25) is 0 Å². The van der Waals surface area contributed by atoms with Crippen LogP contribution < -0.4 is 5.32 Å². The van der Waals surface area contributed by atoms with Crippen molar-refractivity contribution in [3.8, 4) is 11.1 Å². The Morgan fingerprint density at radius 2 is 1.80 bits per heavy atom. The number of fused-ring (bicyclic) bond motifs is 1. The minimum absolute atomic E-state index is 0.796. The second-order valence-electron chi connectivity index (χ2n) is 6.15. The number of nitrogens with one attached hydrogen (secondary N) is 1. The van der Waals surface area contributed by atoms with Gasteiger partial charge in [-0.2, -0.15) is 0 Å². The lowest BCUT2D eigenvalue weighted by atomic mass is 10.0. The minimum Gasteiger partial charge on any atom is -0.357 e. The number of hydrogen-bond acceptors (Lipinski definition) is 4. The molecule has 2 aromatic heterocycles. The van der Waals surface area contributed by atoms with Crippen molar-refractivity contribution in [2.45, 2.75) is 20.4 Å². The molecule has 0 aliphatic rings. The van der Waals surface area contributed by atoms with Crippen molar-refractivity contribution in [3.05, 3.63) is 77.6 Å². The van der Waals surface area contributed by atoms with E-state index in [0.717, 1.165) is 17.2 Å². The van der Waals surface area contributed by atoms with Gasteiger partial charge in [-0.05, 0) is 65.9 Å². The normalized spacial score (nSPS) is 11.0. The maximum Gasteiger partial charge on any atom is 0.184 e. The quantitative estimate of drug-likeness (QED) is 0.524. The summed E-state index contributed by atoms with van der Waals surface area (Å²) < 4.78 is 1.19. The number of thiazole rings is 1. The van der Waals surface area contributed by atoms with Gasteiger partial charge in [-0.25, -0.2) is 4.98 Å². The Balaban J connectivity index is 1.58. The molecule has 2 heterocycles. The Labute approximate surface area is 151 Å². The van der Waals surface area contributed by atoms with E-state index in [0.29, 0.717) is 0 Å². The number of aromatic nitrogens is 2. The minimum atomic E-state index is 0.796. The second-order valence-corrected chi connectivity index (χ2v) is 7.18. The Kier molecular flexibility index (Phi) is 4.20. The predicted octanol–water partition coefficient (Wildman–Crippen LogP) is 5.59. The average molecular weight is 345 g/mol. The summed E-state index contributed by atoms with van der Waals surface area (Å²) in [4.78, 5) is 8.79.